The largest absolute Gasteiger partial charge is 0.482 e. The Hall–Kier alpha value is -3.93. The molecule has 0 saturated carbocycles. The Kier molecular flexibility index (Phi) is 7.17. The molecule has 3 aromatic rings. The van der Waals surface area contributed by atoms with Gasteiger partial charge in [-0.05, 0) is 61.9 Å². The summed E-state index contributed by atoms with van der Waals surface area (Å²) in [4.78, 5) is 36.2. The number of ether oxygens (including phenoxy) is 3. The summed E-state index contributed by atoms with van der Waals surface area (Å²) in [6, 6.07) is 20.4. The summed E-state index contributed by atoms with van der Waals surface area (Å²) in [5.41, 5.74) is 2.71. The van der Waals surface area contributed by atoms with Crippen LogP contribution in [0.5, 0.6) is 11.5 Å². The average molecular weight is 418 g/mol. The Morgan fingerprint density at radius 3 is 2.06 bits per heavy atom. The fraction of sp³-hybridized carbons (Fsp3) is 0.160. The van der Waals surface area contributed by atoms with Gasteiger partial charge in [0.1, 0.15) is 11.5 Å². The summed E-state index contributed by atoms with van der Waals surface area (Å²) in [7, 11) is 0. The van der Waals surface area contributed by atoms with E-state index in [1.807, 2.05) is 38.1 Å². The number of esters is 2. The summed E-state index contributed by atoms with van der Waals surface area (Å²) in [6.45, 7) is 3.11. The Morgan fingerprint density at radius 2 is 1.39 bits per heavy atom. The first-order chi connectivity index (χ1) is 14.9. The fourth-order valence-corrected chi connectivity index (χ4v) is 2.69. The minimum Gasteiger partial charge on any atom is -0.482 e. The molecule has 3 aromatic carbocycles. The van der Waals surface area contributed by atoms with Crippen molar-refractivity contribution in [3.63, 3.8) is 0 Å². The molecule has 0 unspecified atom stereocenters. The van der Waals surface area contributed by atoms with Crippen LogP contribution in [0.4, 0.5) is 0 Å². The molecular formula is C25H22O6. The van der Waals surface area contributed by atoms with Crippen LogP contribution in [0.2, 0.25) is 0 Å². The number of carbonyl (C=O) groups excluding carboxylic acids is 3. The molecule has 158 valence electrons. The highest BCUT2D eigenvalue weighted by Crippen LogP contribution is 2.17. The van der Waals surface area contributed by atoms with Gasteiger partial charge >= 0.3 is 11.9 Å². The van der Waals surface area contributed by atoms with E-state index in [4.69, 9.17) is 14.2 Å². The van der Waals surface area contributed by atoms with E-state index < -0.39 is 18.5 Å². The number of ketones is 1. The van der Waals surface area contributed by atoms with Crippen LogP contribution in [0.25, 0.3) is 0 Å². The summed E-state index contributed by atoms with van der Waals surface area (Å²) < 4.78 is 15.7. The maximum atomic E-state index is 12.2. The smallest absolute Gasteiger partial charge is 0.344 e. The molecule has 0 aliphatic heterocycles. The first-order valence-electron chi connectivity index (χ1n) is 9.68. The lowest BCUT2D eigenvalue weighted by Crippen LogP contribution is -2.19. The minimum absolute atomic E-state index is 0.286. The molecular weight excluding hydrogens is 396 g/mol. The first kappa shape index (κ1) is 21.8. The summed E-state index contributed by atoms with van der Waals surface area (Å²) >= 11 is 0. The number of para-hydroxylation sites is 1. The van der Waals surface area contributed by atoms with E-state index in [-0.39, 0.29) is 12.4 Å². The van der Waals surface area contributed by atoms with Crippen molar-refractivity contribution >= 4 is 17.7 Å². The standard InChI is InChI=1S/C25H22O6/c1-17-7-9-20(10-8-17)25(28)31-21-13-11-19(12-14-21)22(26)15-30-24(27)16-29-23-6-4-3-5-18(23)2/h3-14H,15-16H2,1-2H3. The van der Waals surface area contributed by atoms with E-state index in [0.29, 0.717) is 22.6 Å². The molecule has 6 nitrogen and oxygen atoms in total. The maximum Gasteiger partial charge on any atom is 0.344 e. The lowest BCUT2D eigenvalue weighted by Gasteiger charge is -2.09. The number of rotatable bonds is 8. The molecule has 0 fully saturated rings. The van der Waals surface area contributed by atoms with Crippen LogP contribution in [0, 0.1) is 13.8 Å². The molecule has 3 rings (SSSR count). The number of benzene rings is 3. The number of hydrogen-bond acceptors (Lipinski definition) is 6. The van der Waals surface area contributed by atoms with Crippen LogP contribution in [0.15, 0.2) is 72.8 Å². The first-order valence-corrected chi connectivity index (χ1v) is 9.68. The summed E-state index contributed by atoms with van der Waals surface area (Å²) in [6.07, 6.45) is 0. The molecule has 0 heterocycles. The second kappa shape index (κ2) is 10.2. The van der Waals surface area contributed by atoms with E-state index in [0.717, 1.165) is 11.1 Å². The predicted octanol–water partition coefficient (Wildman–Crippen LogP) is 4.33. The average Bonchev–Trinajstić information content (AvgIpc) is 2.78. The predicted molar refractivity (Wildman–Crippen MR) is 115 cm³/mol. The van der Waals surface area contributed by atoms with Crippen LogP contribution in [0.1, 0.15) is 31.8 Å². The highest BCUT2D eigenvalue weighted by molar-refractivity contribution is 5.98. The molecule has 6 heteroatoms. The fourth-order valence-electron chi connectivity index (χ4n) is 2.69. The lowest BCUT2D eigenvalue weighted by atomic mass is 10.1. The molecule has 0 aliphatic rings. The van der Waals surface area contributed by atoms with Crippen molar-refractivity contribution in [1.29, 1.82) is 0 Å². The highest BCUT2D eigenvalue weighted by atomic mass is 16.6. The molecule has 0 amide bonds. The number of aryl methyl sites for hydroxylation is 2. The molecule has 0 N–H and O–H groups in total. The molecule has 0 aliphatic carbocycles. The van der Waals surface area contributed by atoms with Crippen LogP contribution in [-0.2, 0) is 9.53 Å². The number of Topliss-reactive ketones (excluding diaryl/α,β-unsaturated/α-hetero) is 1. The van der Waals surface area contributed by atoms with Crippen LogP contribution in [-0.4, -0.2) is 30.9 Å². The van der Waals surface area contributed by atoms with Gasteiger partial charge in [0, 0.05) is 5.56 Å². The topological polar surface area (TPSA) is 78.9 Å². The monoisotopic (exact) mass is 418 g/mol. The van der Waals surface area contributed by atoms with E-state index in [2.05, 4.69) is 0 Å². The van der Waals surface area contributed by atoms with Crippen LogP contribution < -0.4 is 9.47 Å². The highest BCUT2D eigenvalue weighted by Gasteiger charge is 2.13. The molecule has 0 aromatic heterocycles. The van der Waals surface area contributed by atoms with Crippen molar-refractivity contribution in [2.45, 2.75) is 13.8 Å². The zero-order valence-corrected chi connectivity index (χ0v) is 17.3. The third kappa shape index (κ3) is 6.27. The van der Waals surface area contributed by atoms with E-state index >= 15 is 0 Å². The maximum absolute atomic E-state index is 12.2. The van der Waals surface area contributed by atoms with Crippen molar-refractivity contribution < 1.29 is 28.6 Å². The van der Waals surface area contributed by atoms with Gasteiger partial charge in [-0.25, -0.2) is 9.59 Å². The Balaban J connectivity index is 1.47. The lowest BCUT2D eigenvalue weighted by molar-refractivity contribution is -0.144. The van der Waals surface area contributed by atoms with Gasteiger partial charge in [-0.15, -0.1) is 0 Å². The summed E-state index contributed by atoms with van der Waals surface area (Å²) in [5, 5.41) is 0. The van der Waals surface area contributed by atoms with Gasteiger partial charge in [0.15, 0.2) is 19.0 Å². The molecule has 0 spiro atoms. The Morgan fingerprint density at radius 1 is 0.742 bits per heavy atom. The van der Waals surface area contributed by atoms with Crippen LogP contribution in [0.3, 0.4) is 0 Å². The Labute approximate surface area is 180 Å². The van der Waals surface area contributed by atoms with Gasteiger partial charge in [-0.1, -0.05) is 35.9 Å². The van der Waals surface area contributed by atoms with Gasteiger partial charge < -0.3 is 14.2 Å². The third-order valence-electron chi connectivity index (χ3n) is 4.48. The van der Waals surface area contributed by atoms with Crippen molar-refractivity contribution in [2.24, 2.45) is 0 Å². The van der Waals surface area contributed by atoms with Gasteiger partial charge in [-0.3, -0.25) is 4.79 Å². The third-order valence-corrected chi connectivity index (χ3v) is 4.48. The quantitative estimate of drug-likeness (QED) is 0.308. The Bertz CT molecular complexity index is 1070. The van der Waals surface area contributed by atoms with Crippen molar-refractivity contribution in [2.75, 3.05) is 13.2 Å². The molecule has 0 atom stereocenters. The van der Waals surface area contributed by atoms with Gasteiger partial charge in [-0.2, -0.15) is 0 Å². The van der Waals surface area contributed by atoms with E-state index in [1.165, 1.54) is 24.3 Å². The van der Waals surface area contributed by atoms with Gasteiger partial charge in [0.2, 0.25) is 0 Å². The van der Waals surface area contributed by atoms with E-state index in [9.17, 15) is 14.4 Å². The van der Waals surface area contributed by atoms with Crippen molar-refractivity contribution in [3.05, 3.63) is 95.1 Å². The second-order valence-electron chi connectivity index (χ2n) is 6.92. The van der Waals surface area contributed by atoms with Crippen LogP contribution >= 0.6 is 0 Å². The number of carbonyl (C=O) groups is 3. The summed E-state index contributed by atoms with van der Waals surface area (Å²) in [5.74, 6) is -0.602. The zero-order valence-electron chi connectivity index (χ0n) is 17.3. The molecule has 0 radical (unpaired) electrons. The molecule has 31 heavy (non-hydrogen) atoms. The molecule has 0 bridgehead atoms. The van der Waals surface area contributed by atoms with Crippen molar-refractivity contribution in [3.8, 4) is 11.5 Å². The SMILES string of the molecule is Cc1ccc(C(=O)Oc2ccc(C(=O)COC(=O)COc3ccccc3C)cc2)cc1. The zero-order chi connectivity index (χ0) is 22.2. The minimum atomic E-state index is -0.639. The number of hydrogen-bond donors (Lipinski definition) is 0. The van der Waals surface area contributed by atoms with Gasteiger partial charge in [0.05, 0.1) is 5.56 Å². The normalized spacial score (nSPS) is 10.3. The van der Waals surface area contributed by atoms with Crippen molar-refractivity contribution in [1.82, 2.24) is 0 Å². The second-order valence-corrected chi connectivity index (χ2v) is 6.92. The van der Waals surface area contributed by atoms with E-state index in [1.54, 1.807) is 24.3 Å². The molecule has 0 saturated heterocycles. The van der Waals surface area contributed by atoms with Gasteiger partial charge in [0.25, 0.3) is 0 Å².